The SMILES string of the molecule is CCOC(=O)COc1ccc(Cl)cc1C1c2ccccc2CN1C(=O)OC(C)(C)C. The van der Waals surface area contributed by atoms with Gasteiger partial charge in [0.2, 0.25) is 0 Å². The van der Waals surface area contributed by atoms with Gasteiger partial charge in [-0.15, -0.1) is 0 Å². The summed E-state index contributed by atoms with van der Waals surface area (Å²) in [5.74, 6) is -0.00284. The van der Waals surface area contributed by atoms with Crippen LogP contribution >= 0.6 is 11.6 Å². The summed E-state index contributed by atoms with van der Waals surface area (Å²) in [7, 11) is 0. The molecule has 30 heavy (non-hydrogen) atoms. The standard InChI is InChI=1S/C23H26ClNO5/c1-5-28-20(26)14-29-19-11-10-16(24)12-18(19)21-17-9-7-6-8-15(17)13-25(21)22(27)30-23(2,3)4/h6-12,21H,5,13-14H2,1-4H3. The van der Waals surface area contributed by atoms with E-state index in [4.69, 9.17) is 25.8 Å². The van der Waals surface area contributed by atoms with Crippen molar-refractivity contribution in [3.63, 3.8) is 0 Å². The van der Waals surface area contributed by atoms with Gasteiger partial charge in [0.25, 0.3) is 0 Å². The van der Waals surface area contributed by atoms with Crippen molar-refractivity contribution in [1.82, 2.24) is 4.90 Å². The molecule has 0 N–H and O–H groups in total. The number of hydrogen-bond acceptors (Lipinski definition) is 5. The zero-order valence-electron chi connectivity index (χ0n) is 17.6. The highest BCUT2D eigenvalue weighted by molar-refractivity contribution is 6.30. The fourth-order valence-electron chi connectivity index (χ4n) is 3.42. The Balaban J connectivity index is 2.00. The topological polar surface area (TPSA) is 65.1 Å². The van der Waals surface area contributed by atoms with Crippen LogP contribution in [0.25, 0.3) is 0 Å². The minimum absolute atomic E-state index is 0.233. The first kappa shape index (κ1) is 22.0. The Bertz CT molecular complexity index is 937. The summed E-state index contributed by atoms with van der Waals surface area (Å²) in [6, 6.07) is 12.5. The van der Waals surface area contributed by atoms with Gasteiger partial charge in [0.1, 0.15) is 11.4 Å². The molecule has 0 aliphatic carbocycles. The molecule has 1 atom stereocenters. The van der Waals surface area contributed by atoms with E-state index in [1.165, 1.54) is 0 Å². The molecule has 1 amide bonds. The Labute approximate surface area is 181 Å². The predicted molar refractivity (Wildman–Crippen MR) is 114 cm³/mol. The Morgan fingerprint density at radius 3 is 2.57 bits per heavy atom. The molecular formula is C23H26ClNO5. The fraction of sp³-hybridized carbons (Fsp3) is 0.391. The van der Waals surface area contributed by atoms with Crippen LogP contribution in [0.1, 0.15) is 50.4 Å². The molecule has 6 nitrogen and oxygen atoms in total. The zero-order valence-corrected chi connectivity index (χ0v) is 18.4. The third-order valence-corrected chi connectivity index (χ3v) is 4.78. The minimum Gasteiger partial charge on any atom is -0.482 e. The number of amides is 1. The van der Waals surface area contributed by atoms with Crippen LogP contribution in [0.4, 0.5) is 4.79 Å². The first-order valence-electron chi connectivity index (χ1n) is 9.85. The van der Waals surface area contributed by atoms with Gasteiger partial charge in [-0.3, -0.25) is 4.90 Å². The van der Waals surface area contributed by atoms with Crippen molar-refractivity contribution in [2.24, 2.45) is 0 Å². The van der Waals surface area contributed by atoms with Crippen molar-refractivity contribution >= 4 is 23.7 Å². The lowest BCUT2D eigenvalue weighted by Gasteiger charge is -2.30. The summed E-state index contributed by atoms with van der Waals surface area (Å²) in [6.07, 6.45) is -0.431. The second kappa shape index (κ2) is 8.96. The Hall–Kier alpha value is -2.73. The zero-order chi connectivity index (χ0) is 21.9. The number of benzene rings is 2. The number of carbonyl (C=O) groups excluding carboxylic acids is 2. The molecule has 3 rings (SSSR count). The van der Waals surface area contributed by atoms with E-state index < -0.39 is 23.7 Å². The van der Waals surface area contributed by atoms with Crippen LogP contribution in [0, 0.1) is 0 Å². The lowest BCUT2D eigenvalue weighted by Crippen LogP contribution is -2.36. The Kier molecular flexibility index (Phi) is 6.56. The molecule has 160 valence electrons. The highest BCUT2D eigenvalue weighted by Gasteiger charge is 2.38. The number of hydrogen-bond donors (Lipinski definition) is 0. The van der Waals surface area contributed by atoms with E-state index in [1.807, 2.05) is 45.0 Å². The molecule has 0 fully saturated rings. The van der Waals surface area contributed by atoms with Crippen molar-refractivity contribution in [2.45, 2.75) is 45.9 Å². The summed E-state index contributed by atoms with van der Waals surface area (Å²) < 4.78 is 16.3. The summed E-state index contributed by atoms with van der Waals surface area (Å²) in [5, 5.41) is 0.502. The van der Waals surface area contributed by atoms with E-state index in [-0.39, 0.29) is 13.2 Å². The van der Waals surface area contributed by atoms with Gasteiger partial charge in [0, 0.05) is 10.6 Å². The van der Waals surface area contributed by atoms with Crippen LogP contribution in [0.15, 0.2) is 42.5 Å². The van der Waals surface area contributed by atoms with Crippen molar-refractivity contribution in [3.05, 3.63) is 64.2 Å². The maximum Gasteiger partial charge on any atom is 0.411 e. The van der Waals surface area contributed by atoms with Gasteiger partial charge in [-0.05, 0) is 57.0 Å². The summed E-state index contributed by atoms with van der Waals surface area (Å²) in [6.45, 7) is 7.67. The van der Waals surface area contributed by atoms with Gasteiger partial charge in [0.15, 0.2) is 6.61 Å². The molecule has 1 aliphatic heterocycles. The van der Waals surface area contributed by atoms with E-state index in [1.54, 1.807) is 30.0 Å². The van der Waals surface area contributed by atoms with Crippen molar-refractivity contribution in [3.8, 4) is 5.75 Å². The first-order valence-corrected chi connectivity index (χ1v) is 10.2. The van der Waals surface area contributed by atoms with E-state index in [9.17, 15) is 9.59 Å². The normalized spacial score (nSPS) is 15.5. The lowest BCUT2D eigenvalue weighted by atomic mass is 9.97. The van der Waals surface area contributed by atoms with E-state index >= 15 is 0 Å². The highest BCUT2D eigenvalue weighted by Crippen LogP contribution is 2.43. The predicted octanol–water partition coefficient (Wildman–Crippen LogP) is 5.12. The van der Waals surface area contributed by atoms with Gasteiger partial charge >= 0.3 is 12.1 Å². The quantitative estimate of drug-likeness (QED) is 0.614. The molecule has 1 unspecified atom stereocenters. The molecule has 0 bridgehead atoms. The number of halogens is 1. The third kappa shape index (κ3) is 5.05. The van der Waals surface area contributed by atoms with Gasteiger partial charge in [0.05, 0.1) is 19.2 Å². The van der Waals surface area contributed by atoms with Gasteiger partial charge in [-0.1, -0.05) is 35.9 Å². The van der Waals surface area contributed by atoms with Gasteiger partial charge in [-0.25, -0.2) is 9.59 Å². The number of ether oxygens (including phenoxy) is 3. The van der Waals surface area contributed by atoms with Crippen LogP contribution in [0.5, 0.6) is 5.75 Å². The molecule has 0 spiro atoms. The average Bonchev–Trinajstić information content (AvgIpc) is 3.05. The number of nitrogens with zero attached hydrogens (tertiary/aromatic N) is 1. The molecule has 0 saturated carbocycles. The maximum atomic E-state index is 13.0. The minimum atomic E-state index is -0.631. The van der Waals surface area contributed by atoms with Crippen molar-refractivity contribution in [2.75, 3.05) is 13.2 Å². The fourth-order valence-corrected chi connectivity index (χ4v) is 3.60. The van der Waals surface area contributed by atoms with Crippen LogP contribution in [-0.4, -0.2) is 35.8 Å². The first-order chi connectivity index (χ1) is 14.2. The highest BCUT2D eigenvalue weighted by atomic mass is 35.5. The Morgan fingerprint density at radius 2 is 1.87 bits per heavy atom. The third-order valence-electron chi connectivity index (χ3n) is 4.55. The van der Waals surface area contributed by atoms with Gasteiger partial charge in [-0.2, -0.15) is 0 Å². The molecule has 1 heterocycles. The molecule has 2 aromatic carbocycles. The van der Waals surface area contributed by atoms with E-state index in [0.717, 1.165) is 11.1 Å². The maximum absolute atomic E-state index is 13.0. The number of esters is 1. The molecule has 0 radical (unpaired) electrons. The summed E-state index contributed by atoms with van der Waals surface area (Å²) in [5.41, 5.74) is 2.03. The largest absolute Gasteiger partial charge is 0.482 e. The summed E-state index contributed by atoms with van der Waals surface area (Å²) in [4.78, 5) is 26.5. The second-order valence-electron chi connectivity index (χ2n) is 7.99. The van der Waals surface area contributed by atoms with Crippen LogP contribution in [0.3, 0.4) is 0 Å². The van der Waals surface area contributed by atoms with Crippen molar-refractivity contribution < 1.29 is 23.8 Å². The molecule has 0 aromatic heterocycles. The molecule has 1 aliphatic rings. The smallest absolute Gasteiger partial charge is 0.411 e. The molecule has 0 saturated heterocycles. The molecule has 2 aromatic rings. The monoisotopic (exact) mass is 431 g/mol. The number of rotatable bonds is 5. The number of fused-ring (bicyclic) bond motifs is 1. The summed E-state index contributed by atoms with van der Waals surface area (Å²) >= 11 is 6.29. The van der Waals surface area contributed by atoms with Crippen molar-refractivity contribution in [1.29, 1.82) is 0 Å². The number of carbonyl (C=O) groups is 2. The second-order valence-corrected chi connectivity index (χ2v) is 8.42. The van der Waals surface area contributed by atoms with Gasteiger partial charge < -0.3 is 14.2 Å². The van der Waals surface area contributed by atoms with Crippen LogP contribution in [-0.2, 0) is 20.8 Å². The average molecular weight is 432 g/mol. The van der Waals surface area contributed by atoms with E-state index in [0.29, 0.717) is 22.9 Å². The Morgan fingerprint density at radius 1 is 1.13 bits per heavy atom. The van der Waals surface area contributed by atoms with E-state index in [2.05, 4.69) is 0 Å². The van der Waals surface area contributed by atoms with Crippen LogP contribution in [0.2, 0.25) is 5.02 Å². The molecule has 7 heteroatoms. The lowest BCUT2D eigenvalue weighted by molar-refractivity contribution is -0.145. The van der Waals surface area contributed by atoms with Crippen LogP contribution < -0.4 is 4.74 Å². The molecular weight excluding hydrogens is 406 g/mol.